The Balaban J connectivity index is 1.37. The lowest BCUT2D eigenvalue weighted by Gasteiger charge is -2.11. The minimum atomic E-state index is -0.211. The molecule has 0 fully saturated rings. The van der Waals surface area contributed by atoms with E-state index in [1.165, 1.54) is 0 Å². The molecule has 4 rings (SSSR count). The number of benzene rings is 3. The highest BCUT2D eigenvalue weighted by Crippen LogP contribution is 2.24. The molecule has 0 aliphatic carbocycles. The van der Waals surface area contributed by atoms with Crippen LogP contribution >= 0.6 is 0 Å². The number of rotatable bonds is 6. The first-order valence-electron chi connectivity index (χ1n) is 9.58. The summed E-state index contributed by atoms with van der Waals surface area (Å²) in [4.78, 5) is 16.6. The Morgan fingerprint density at radius 2 is 1.70 bits per heavy atom. The van der Waals surface area contributed by atoms with Crippen molar-refractivity contribution in [2.24, 2.45) is 0 Å². The Morgan fingerprint density at radius 1 is 0.933 bits per heavy atom. The number of hydrogen-bond donors (Lipinski definition) is 1. The van der Waals surface area contributed by atoms with Crippen molar-refractivity contribution in [3.05, 3.63) is 83.9 Å². The van der Waals surface area contributed by atoms with Crippen LogP contribution in [0.4, 0.5) is 5.69 Å². The Kier molecular flexibility index (Phi) is 5.57. The van der Waals surface area contributed by atoms with Gasteiger partial charge in [-0.3, -0.25) is 4.79 Å². The summed E-state index contributed by atoms with van der Waals surface area (Å²) in [7, 11) is 0. The van der Waals surface area contributed by atoms with Crippen LogP contribution in [0.5, 0.6) is 5.75 Å². The molecule has 4 aromatic rings. The van der Waals surface area contributed by atoms with Crippen LogP contribution in [0, 0.1) is 13.8 Å². The van der Waals surface area contributed by atoms with Gasteiger partial charge in [0.2, 0.25) is 5.82 Å². The minimum absolute atomic E-state index is 0.0779. The molecule has 6 heteroatoms. The van der Waals surface area contributed by atoms with Crippen LogP contribution in [0.25, 0.3) is 22.8 Å². The van der Waals surface area contributed by atoms with E-state index in [9.17, 15) is 4.79 Å². The average Bonchev–Trinajstić information content (AvgIpc) is 3.27. The molecule has 0 radical (unpaired) electrons. The fourth-order valence-corrected chi connectivity index (χ4v) is 2.96. The Morgan fingerprint density at radius 3 is 2.47 bits per heavy atom. The van der Waals surface area contributed by atoms with E-state index in [-0.39, 0.29) is 12.5 Å². The number of carbonyl (C=O) groups is 1. The lowest BCUT2D eigenvalue weighted by atomic mass is 10.1. The molecule has 0 unspecified atom stereocenters. The third-order valence-corrected chi connectivity index (χ3v) is 4.81. The standard InChI is InChI=1S/C24H21N3O3/c1-16-7-6-10-21(17(16)2)25-22(28)15-29-20-13-11-19(12-14-20)24-26-23(27-30-24)18-8-4-3-5-9-18/h3-14H,15H2,1-2H3,(H,25,28). The Hall–Kier alpha value is -3.93. The molecule has 0 aliphatic heterocycles. The van der Waals surface area contributed by atoms with Gasteiger partial charge >= 0.3 is 0 Å². The maximum Gasteiger partial charge on any atom is 0.262 e. The molecular formula is C24H21N3O3. The first-order chi connectivity index (χ1) is 14.6. The third-order valence-electron chi connectivity index (χ3n) is 4.81. The second-order valence-corrected chi connectivity index (χ2v) is 6.90. The van der Waals surface area contributed by atoms with E-state index in [1.54, 1.807) is 12.1 Å². The number of amides is 1. The molecule has 0 atom stereocenters. The number of nitrogens with zero attached hydrogens (tertiary/aromatic N) is 2. The van der Waals surface area contributed by atoms with Crippen molar-refractivity contribution in [1.82, 2.24) is 10.1 Å². The number of hydrogen-bond acceptors (Lipinski definition) is 5. The molecule has 1 N–H and O–H groups in total. The number of aryl methyl sites for hydroxylation is 1. The quantitative estimate of drug-likeness (QED) is 0.492. The fourth-order valence-electron chi connectivity index (χ4n) is 2.96. The van der Waals surface area contributed by atoms with E-state index in [1.807, 2.05) is 74.5 Å². The predicted octanol–water partition coefficient (Wildman–Crippen LogP) is 5.04. The SMILES string of the molecule is Cc1cccc(NC(=O)COc2ccc(-c3nc(-c4ccccc4)no3)cc2)c1C. The number of nitrogens with one attached hydrogen (secondary N) is 1. The predicted molar refractivity (Wildman–Crippen MR) is 115 cm³/mol. The maximum absolute atomic E-state index is 12.2. The van der Waals surface area contributed by atoms with Gasteiger partial charge in [0.05, 0.1) is 0 Å². The molecule has 3 aromatic carbocycles. The molecule has 0 saturated carbocycles. The number of anilines is 1. The van der Waals surface area contributed by atoms with Crippen LogP contribution in [-0.2, 0) is 4.79 Å². The van der Waals surface area contributed by atoms with E-state index in [4.69, 9.17) is 9.26 Å². The molecule has 1 amide bonds. The first-order valence-corrected chi connectivity index (χ1v) is 9.58. The molecule has 0 saturated heterocycles. The zero-order valence-corrected chi connectivity index (χ0v) is 16.8. The van der Waals surface area contributed by atoms with Gasteiger partial charge in [0.25, 0.3) is 11.8 Å². The first kappa shape index (κ1) is 19.4. The van der Waals surface area contributed by atoms with Crippen molar-refractivity contribution >= 4 is 11.6 Å². The summed E-state index contributed by atoms with van der Waals surface area (Å²) < 4.78 is 11.0. The summed E-state index contributed by atoms with van der Waals surface area (Å²) >= 11 is 0. The molecule has 150 valence electrons. The summed E-state index contributed by atoms with van der Waals surface area (Å²) in [6.45, 7) is 3.91. The lowest BCUT2D eigenvalue weighted by molar-refractivity contribution is -0.118. The molecule has 1 aromatic heterocycles. The Bertz CT molecular complexity index is 1150. The second-order valence-electron chi connectivity index (χ2n) is 6.90. The molecule has 1 heterocycles. The summed E-state index contributed by atoms with van der Waals surface area (Å²) in [6.07, 6.45) is 0. The van der Waals surface area contributed by atoms with Crippen LogP contribution < -0.4 is 10.1 Å². The summed E-state index contributed by atoms with van der Waals surface area (Å²) in [5.74, 6) is 1.33. The van der Waals surface area contributed by atoms with Gasteiger partial charge in [-0.15, -0.1) is 0 Å². The van der Waals surface area contributed by atoms with Gasteiger partial charge in [-0.25, -0.2) is 0 Å². The van der Waals surface area contributed by atoms with Gasteiger partial charge in [-0.2, -0.15) is 4.98 Å². The van der Waals surface area contributed by atoms with Gasteiger partial charge in [0, 0.05) is 16.8 Å². The minimum Gasteiger partial charge on any atom is -0.484 e. The van der Waals surface area contributed by atoms with Crippen molar-refractivity contribution in [3.8, 4) is 28.6 Å². The molecule has 6 nitrogen and oxygen atoms in total. The monoisotopic (exact) mass is 399 g/mol. The molecule has 0 spiro atoms. The van der Waals surface area contributed by atoms with E-state index in [0.717, 1.165) is 27.9 Å². The number of ether oxygens (including phenoxy) is 1. The highest BCUT2D eigenvalue weighted by molar-refractivity contribution is 5.92. The molecule has 30 heavy (non-hydrogen) atoms. The number of aromatic nitrogens is 2. The van der Waals surface area contributed by atoms with E-state index < -0.39 is 0 Å². The van der Waals surface area contributed by atoms with E-state index in [2.05, 4.69) is 15.5 Å². The van der Waals surface area contributed by atoms with E-state index in [0.29, 0.717) is 17.5 Å². The molecule has 0 bridgehead atoms. The third kappa shape index (κ3) is 4.38. The largest absolute Gasteiger partial charge is 0.484 e. The van der Waals surface area contributed by atoms with Crippen LogP contribution in [-0.4, -0.2) is 22.7 Å². The zero-order chi connectivity index (χ0) is 20.9. The van der Waals surface area contributed by atoms with Gasteiger partial charge < -0.3 is 14.6 Å². The van der Waals surface area contributed by atoms with Gasteiger partial charge in [-0.05, 0) is 55.3 Å². The molecule has 0 aliphatic rings. The summed E-state index contributed by atoms with van der Waals surface area (Å²) in [5, 5.41) is 6.91. The van der Waals surface area contributed by atoms with Crippen LogP contribution in [0.3, 0.4) is 0 Å². The van der Waals surface area contributed by atoms with Gasteiger partial charge in [0.15, 0.2) is 6.61 Å². The fraction of sp³-hybridized carbons (Fsp3) is 0.125. The van der Waals surface area contributed by atoms with Gasteiger partial charge in [0.1, 0.15) is 5.75 Å². The highest BCUT2D eigenvalue weighted by Gasteiger charge is 2.11. The zero-order valence-electron chi connectivity index (χ0n) is 16.8. The van der Waals surface area contributed by atoms with E-state index >= 15 is 0 Å². The summed E-state index contributed by atoms with van der Waals surface area (Å²) in [6, 6.07) is 22.6. The second kappa shape index (κ2) is 8.61. The van der Waals surface area contributed by atoms with Crippen molar-refractivity contribution in [1.29, 1.82) is 0 Å². The van der Waals surface area contributed by atoms with Crippen LogP contribution in [0.15, 0.2) is 77.3 Å². The van der Waals surface area contributed by atoms with Crippen LogP contribution in [0.1, 0.15) is 11.1 Å². The van der Waals surface area contributed by atoms with Crippen molar-refractivity contribution < 1.29 is 14.1 Å². The topological polar surface area (TPSA) is 77.2 Å². The molecular weight excluding hydrogens is 378 g/mol. The maximum atomic E-state index is 12.2. The highest BCUT2D eigenvalue weighted by atomic mass is 16.5. The number of carbonyl (C=O) groups excluding carboxylic acids is 1. The van der Waals surface area contributed by atoms with Crippen molar-refractivity contribution in [2.75, 3.05) is 11.9 Å². The Labute approximate surface area is 174 Å². The normalized spacial score (nSPS) is 10.6. The van der Waals surface area contributed by atoms with Crippen molar-refractivity contribution in [2.45, 2.75) is 13.8 Å². The average molecular weight is 399 g/mol. The summed E-state index contributed by atoms with van der Waals surface area (Å²) in [5.41, 5.74) is 4.63. The van der Waals surface area contributed by atoms with Gasteiger partial charge in [-0.1, -0.05) is 47.6 Å². The van der Waals surface area contributed by atoms with Crippen LogP contribution in [0.2, 0.25) is 0 Å². The van der Waals surface area contributed by atoms with Crippen molar-refractivity contribution in [3.63, 3.8) is 0 Å². The smallest absolute Gasteiger partial charge is 0.262 e. The lowest BCUT2D eigenvalue weighted by Crippen LogP contribution is -2.20.